The van der Waals surface area contributed by atoms with Gasteiger partial charge in [0.25, 0.3) is 0 Å². The van der Waals surface area contributed by atoms with Gasteiger partial charge in [-0.25, -0.2) is 9.37 Å². The van der Waals surface area contributed by atoms with Crippen molar-refractivity contribution < 1.29 is 14.2 Å². The standard InChI is InChI=1S/C14H12Cl2FN3O2S/c15-9-3-11(7(4-18)1-10(9)17)22-12(2-8(19)5-21)13-14(16)20-6-23-13/h1,3,6,8,12,21H,2,5,19H2/t8-,12+/m0/s1. The molecule has 0 unspecified atom stereocenters. The molecule has 0 amide bonds. The van der Waals surface area contributed by atoms with Crippen LogP contribution in [0, 0.1) is 17.1 Å². The van der Waals surface area contributed by atoms with Crippen molar-refractivity contribution in [2.24, 2.45) is 5.73 Å². The predicted molar refractivity (Wildman–Crippen MR) is 86.3 cm³/mol. The molecule has 3 N–H and O–H groups in total. The van der Waals surface area contributed by atoms with Crippen molar-refractivity contribution in [1.29, 1.82) is 5.26 Å². The van der Waals surface area contributed by atoms with E-state index in [9.17, 15) is 4.39 Å². The van der Waals surface area contributed by atoms with Crippen LogP contribution in [-0.4, -0.2) is 22.7 Å². The Kier molecular flexibility index (Phi) is 6.16. The molecule has 5 nitrogen and oxygen atoms in total. The summed E-state index contributed by atoms with van der Waals surface area (Å²) in [5, 5.41) is 18.3. The topological polar surface area (TPSA) is 92.2 Å². The number of aromatic nitrogens is 1. The second kappa shape index (κ2) is 7.90. The van der Waals surface area contributed by atoms with E-state index in [0.29, 0.717) is 4.88 Å². The Morgan fingerprint density at radius 3 is 2.78 bits per heavy atom. The van der Waals surface area contributed by atoms with Crippen molar-refractivity contribution in [3.63, 3.8) is 0 Å². The van der Waals surface area contributed by atoms with E-state index in [1.54, 1.807) is 5.51 Å². The van der Waals surface area contributed by atoms with Gasteiger partial charge in [-0.3, -0.25) is 0 Å². The van der Waals surface area contributed by atoms with Crippen molar-refractivity contribution in [2.75, 3.05) is 6.61 Å². The lowest BCUT2D eigenvalue weighted by molar-refractivity contribution is 0.164. The third kappa shape index (κ3) is 4.31. The SMILES string of the molecule is N#Cc1cc(F)c(Cl)cc1O[C@H](C[C@H](N)CO)c1scnc1Cl. The average molecular weight is 376 g/mol. The van der Waals surface area contributed by atoms with Gasteiger partial charge in [0, 0.05) is 18.5 Å². The molecule has 0 radical (unpaired) electrons. The maximum Gasteiger partial charge on any atom is 0.146 e. The minimum Gasteiger partial charge on any atom is -0.483 e. The number of thiazole rings is 1. The van der Waals surface area contributed by atoms with Crippen LogP contribution in [0.2, 0.25) is 10.2 Å². The first-order valence-corrected chi connectivity index (χ1v) is 8.11. The fourth-order valence-corrected chi connectivity index (χ4v) is 3.11. The van der Waals surface area contributed by atoms with Crippen LogP contribution >= 0.6 is 34.5 Å². The minimum absolute atomic E-state index is 0.00453. The highest BCUT2D eigenvalue weighted by Crippen LogP contribution is 2.35. The molecule has 1 aromatic heterocycles. The van der Waals surface area contributed by atoms with Crippen molar-refractivity contribution >= 4 is 34.5 Å². The summed E-state index contributed by atoms with van der Waals surface area (Å²) in [4.78, 5) is 4.53. The van der Waals surface area contributed by atoms with Crippen LogP contribution in [0.1, 0.15) is 23.0 Å². The number of benzene rings is 1. The summed E-state index contributed by atoms with van der Waals surface area (Å²) >= 11 is 13.0. The van der Waals surface area contributed by atoms with E-state index < -0.39 is 18.0 Å². The zero-order valence-corrected chi connectivity index (χ0v) is 14.0. The molecule has 0 aliphatic carbocycles. The Labute approximate surface area is 146 Å². The maximum atomic E-state index is 13.5. The second-order valence-corrected chi connectivity index (χ2v) is 6.32. The number of hydrogen-bond donors (Lipinski definition) is 2. The minimum atomic E-state index is -0.713. The first-order chi connectivity index (χ1) is 11.0. The van der Waals surface area contributed by atoms with Crippen LogP contribution in [0.5, 0.6) is 5.75 Å². The summed E-state index contributed by atoms with van der Waals surface area (Å²) in [5.74, 6) is -0.603. The molecule has 0 aliphatic heterocycles. The van der Waals surface area contributed by atoms with E-state index in [4.69, 9.17) is 44.0 Å². The zero-order valence-electron chi connectivity index (χ0n) is 11.7. The van der Waals surface area contributed by atoms with Crippen molar-refractivity contribution in [3.05, 3.63) is 44.1 Å². The largest absolute Gasteiger partial charge is 0.483 e. The number of nitrogens with two attached hydrogens (primary N) is 1. The molecule has 0 aliphatic rings. The Morgan fingerprint density at radius 1 is 1.48 bits per heavy atom. The van der Waals surface area contributed by atoms with Crippen LogP contribution in [0.15, 0.2) is 17.6 Å². The van der Waals surface area contributed by atoms with Crippen LogP contribution in [0.4, 0.5) is 4.39 Å². The van der Waals surface area contributed by atoms with Crippen molar-refractivity contribution in [1.82, 2.24) is 4.98 Å². The van der Waals surface area contributed by atoms with Crippen LogP contribution in [-0.2, 0) is 0 Å². The third-order valence-electron chi connectivity index (χ3n) is 3.00. The fraction of sp³-hybridized carbons (Fsp3) is 0.286. The monoisotopic (exact) mass is 375 g/mol. The highest BCUT2D eigenvalue weighted by atomic mass is 35.5. The van der Waals surface area contributed by atoms with Gasteiger partial charge in [0.2, 0.25) is 0 Å². The highest BCUT2D eigenvalue weighted by molar-refractivity contribution is 7.10. The molecule has 2 rings (SSSR count). The molecule has 1 aromatic carbocycles. The lowest BCUT2D eigenvalue weighted by Crippen LogP contribution is -2.28. The molecular weight excluding hydrogens is 364 g/mol. The van der Waals surface area contributed by atoms with Crippen molar-refractivity contribution in [2.45, 2.75) is 18.6 Å². The van der Waals surface area contributed by atoms with E-state index in [-0.39, 0.29) is 34.5 Å². The molecule has 0 saturated heterocycles. The second-order valence-electron chi connectivity index (χ2n) is 4.67. The molecule has 0 fully saturated rings. The lowest BCUT2D eigenvalue weighted by Gasteiger charge is -2.21. The lowest BCUT2D eigenvalue weighted by atomic mass is 10.1. The van der Waals surface area contributed by atoms with E-state index in [1.165, 1.54) is 17.4 Å². The Hall–Kier alpha value is -1.43. The van der Waals surface area contributed by atoms with Crippen LogP contribution in [0.25, 0.3) is 0 Å². The normalized spacial score (nSPS) is 13.4. The summed E-state index contributed by atoms with van der Waals surface area (Å²) in [7, 11) is 0. The van der Waals surface area contributed by atoms with E-state index >= 15 is 0 Å². The number of nitriles is 1. The summed E-state index contributed by atoms with van der Waals surface area (Å²) in [6, 6.07) is 3.51. The number of rotatable bonds is 6. The summed E-state index contributed by atoms with van der Waals surface area (Å²) in [5.41, 5.74) is 7.31. The molecule has 9 heteroatoms. The smallest absolute Gasteiger partial charge is 0.146 e. The summed E-state index contributed by atoms with van der Waals surface area (Å²) in [6.45, 7) is -0.244. The molecule has 122 valence electrons. The van der Waals surface area contributed by atoms with Gasteiger partial charge in [-0.2, -0.15) is 5.26 Å². The number of ether oxygens (including phenoxy) is 1. The molecule has 2 aromatic rings. The number of aliphatic hydroxyl groups is 1. The van der Waals surface area contributed by atoms with Gasteiger partial charge in [0.15, 0.2) is 0 Å². The van der Waals surface area contributed by atoms with Gasteiger partial charge in [0.1, 0.15) is 28.9 Å². The van der Waals surface area contributed by atoms with Crippen molar-refractivity contribution in [3.8, 4) is 11.8 Å². The van der Waals surface area contributed by atoms with E-state index in [0.717, 1.165) is 6.07 Å². The van der Waals surface area contributed by atoms with Gasteiger partial charge >= 0.3 is 0 Å². The molecule has 1 heterocycles. The number of aliphatic hydroxyl groups excluding tert-OH is 1. The summed E-state index contributed by atoms with van der Waals surface area (Å²) < 4.78 is 19.3. The Morgan fingerprint density at radius 2 is 2.22 bits per heavy atom. The molecule has 2 atom stereocenters. The van der Waals surface area contributed by atoms with E-state index in [1.807, 2.05) is 6.07 Å². The van der Waals surface area contributed by atoms with Crippen LogP contribution in [0.3, 0.4) is 0 Å². The van der Waals surface area contributed by atoms with E-state index in [2.05, 4.69) is 4.98 Å². The zero-order chi connectivity index (χ0) is 17.0. The summed E-state index contributed by atoms with van der Waals surface area (Å²) in [6.07, 6.45) is -0.413. The number of nitrogens with zero attached hydrogens (tertiary/aromatic N) is 2. The molecule has 0 saturated carbocycles. The first kappa shape index (κ1) is 17.9. The van der Waals surface area contributed by atoms with Crippen LogP contribution < -0.4 is 10.5 Å². The van der Waals surface area contributed by atoms with Gasteiger partial charge in [-0.05, 0) is 6.07 Å². The number of hydrogen-bond acceptors (Lipinski definition) is 6. The quantitative estimate of drug-likeness (QED) is 0.807. The van der Waals surface area contributed by atoms with Gasteiger partial charge in [-0.15, -0.1) is 11.3 Å². The maximum absolute atomic E-state index is 13.5. The van der Waals surface area contributed by atoms with Gasteiger partial charge in [0.05, 0.1) is 27.6 Å². The third-order valence-corrected chi connectivity index (χ3v) is 4.63. The average Bonchev–Trinajstić information content (AvgIpc) is 2.95. The molecule has 0 bridgehead atoms. The number of halogens is 3. The fourth-order valence-electron chi connectivity index (χ4n) is 1.88. The molecular formula is C14H12Cl2FN3O2S. The Bertz CT molecular complexity index is 735. The molecule has 0 spiro atoms. The Balaban J connectivity index is 2.37. The van der Waals surface area contributed by atoms with Gasteiger partial charge < -0.3 is 15.6 Å². The first-order valence-electron chi connectivity index (χ1n) is 6.47. The predicted octanol–water partition coefficient (Wildman–Crippen LogP) is 3.29. The highest BCUT2D eigenvalue weighted by Gasteiger charge is 2.24. The van der Waals surface area contributed by atoms with Gasteiger partial charge in [-0.1, -0.05) is 23.2 Å². The molecule has 23 heavy (non-hydrogen) atoms.